The van der Waals surface area contributed by atoms with Crippen LogP contribution in [0.15, 0.2) is 0 Å². The van der Waals surface area contributed by atoms with Crippen molar-refractivity contribution in [2.45, 2.75) is 32.7 Å². The van der Waals surface area contributed by atoms with E-state index in [1.807, 2.05) is 0 Å². The molecule has 0 bridgehead atoms. The van der Waals surface area contributed by atoms with Gasteiger partial charge in [0.2, 0.25) is 0 Å². The fourth-order valence-electron chi connectivity index (χ4n) is 3.30. The van der Waals surface area contributed by atoms with Gasteiger partial charge in [-0.2, -0.15) is 0 Å². The summed E-state index contributed by atoms with van der Waals surface area (Å²) in [4.78, 5) is 7.78. The molecule has 0 atom stereocenters. The molecule has 2 heterocycles. The van der Waals surface area contributed by atoms with Gasteiger partial charge in [-0.15, -0.1) is 0 Å². The third-order valence-electron chi connectivity index (χ3n) is 4.98. The van der Waals surface area contributed by atoms with Gasteiger partial charge in [-0.25, -0.2) is 0 Å². The summed E-state index contributed by atoms with van der Waals surface area (Å²) in [6, 6.07) is 0.678. The Labute approximate surface area is 125 Å². The van der Waals surface area contributed by atoms with Gasteiger partial charge in [-0.05, 0) is 52.7 Å². The van der Waals surface area contributed by atoms with Crippen LogP contribution in [0.3, 0.4) is 0 Å². The van der Waals surface area contributed by atoms with E-state index in [4.69, 9.17) is 0 Å². The summed E-state index contributed by atoms with van der Waals surface area (Å²) in [6.45, 7) is 15.9. The second-order valence-corrected chi connectivity index (χ2v) is 6.93. The molecule has 0 amide bonds. The first-order valence-corrected chi connectivity index (χ1v) is 8.51. The Morgan fingerprint density at radius 2 is 1.75 bits per heavy atom. The molecule has 0 unspecified atom stereocenters. The van der Waals surface area contributed by atoms with E-state index in [9.17, 15) is 0 Å². The maximum absolute atomic E-state index is 3.47. The van der Waals surface area contributed by atoms with E-state index in [2.05, 4.69) is 40.9 Å². The largest absolute Gasteiger partial charge is 0.317 e. The highest BCUT2D eigenvalue weighted by Crippen LogP contribution is 2.15. The molecule has 2 fully saturated rings. The first-order valence-electron chi connectivity index (χ1n) is 8.51. The number of nitrogens with zero attached hydrogens (tertiary/aromatic N) is 3. The lowest BCUT2D eigenvalue weighted by molar-refractivity contribution is 0.113. The number of hydrogen-bond donors (Lipinski definition) is 1. The Balaban J connectivity index is 1.71. The number of nitrogens with one attached hydrogen (secondary N) is 1. The van der Waals surface area contributed by atoms with Crippen LogP contribution in [-0.2, 0) is 0 Å². The van der Waals surface area contributed by atoms with Gasteiger partial charge in [0.25, 0.3) is 0 Å². The van der Waals surface area contributed by atoms with Crippen LogP contribution in [-0.4, -0.2) is 86.7 Å². The Morgan fingerprint density at radius 3 is 2.35 bits per heavy atom. The number of rotatable bonds is 6. The molecule has 2 aliphatic heterocycles. The van der Waals surface area contributed by atoms with Crippen LogP contribution in [0.4, 0.5) is 0 Å². The molecule has 118 valence electrons. The van der Waals surface area contributed by atoms with E-state index >= 15 is 0 Å². The van der Waals surface area contributed by atoms with Crippen molar-refractivity contribution in [2.24, 2.45) is 5.92 Å². The van der Waals surface area contributed by atoms with Crippen molar-refractivity contribution >= 4 is 0 Å². The predicted octanol–water partition coefficient (Wildman–Crippen LogP) is 0.944. The Hall–Kier alpha value is -0.160. The van der Waals surface area contributed by atoms with Crippen LogP contribution in [0, 0.1) is 5.92 Å². The van der Waals surface area contributed by atoms with Crippen LogP contribution in [0.25, 0.3) is 0 Å². The Morgan fingerprint density at radius 1 is 1.10 bits per heavy atom. The molecule has 0 aromatic rings. The molecule has 2 saturated heterocycles. The van der Waals surface area contributed by atoms with E-state index in [-0.39, 0.29) is 0 Å². The number of likely N-dealkylation sites (N-methyl/N-ethyl adjacent to an activating group) is 1. The standard InChI is InChI=1S/C16H34N4/c1-15(2)20(14-16-4-6-17-7-5-16)13-12-19-10-8-18(3)9-11-19/h15-17H,4-14H2,1-3H3. The molecule has 0 saturated carbocycles. The predicted molar refractivity (Wildman–Crippen MR) is 86.2 cm³/mol. The van der Waals surface area contributed by atoms with E-state index in [0.717, 1.165) is 5.92 Å². The van der Waals surface area contributed by atoms with Crippen molar-refractivity contribution < 1.29 is 0 Å². The third-order valence-corrected chi connectivity index (χ3v) is 4.98. The summed E-state index contributed by atoms with van der Waals surface area (Å²) >= 11 is 0. The second kappa shape index (κ2) is 8.32. The Kier molecular flexibility index (Phi) is 6.75. The minimum Gasteiger partial charge on any atom is -0.317 e. The monoisotopic (exact) mass is 282 g/mol. The highest BCUT2D eigenvalue weighted by atomic mass is 15.3. The summed E-state index contributed by atoms with van der Waals surface area (Å²) in [7, 11) is 2.23. The SMILES string of the molecule is CC(C)N(CCN1CCN(C)CC1)CC1CCNCC1. The van der Waals surface area contributed by atoms with Gasteiger partial charge >= 0.3 is 0 Å². The molecule has 20 heavy (non-hydrogen) atoms. The van der Waals surface area contributed by atoms with Crippen molar-refractivity contribution in [3.05, 3.63) is 0 Å². The normalized spacial score (nSPS) is 23.9. The van der Waals surface area contributed by atoms with Gasteiger partial charge in [0, 0.05) is 51.9 Å². The van der Waals surface area contributed by atoms with Crippen LogP contribution < -0.4 is 5.32 Å². The minimum absolute atomic E-state index is 0.678. The Bertz CT molecular complexity index is 255. The number of hydrogen-bond acceptors (Lipinski definition) is 4. The summed E-state index contributed by atoms with van der Waals surface area (Å²) < 4.78 is 0. The lowest BCUT2D eigenvalue weighted by atomic mass is 9.97. The molecule has 0 radical (unpaired) electrons. The highest BCUT2D eigenvalue weighted by molar-refractivity contribution is 4.76. The van der Waals surface area contributed by atoms with Crippen molar-refractivity contribution in [3.63, 3.8) is 0 Å². The van der Waals surface area contributed by atoms with E-state index in [0.29, 0.717) is 6.04 Å². The highest BCUT2D eigenvalue weighted by Gasteiger charge is 2.20. The maximum Gasteiger partial charge on any atom is 0.0112 e. The topological polar surface area (TPSA) is 21.8 Å². The fourth-order valence-corrected chi connectivity index (χ4v) is 3.30. The summed E-state index contributed by atoms with van der Waals surface area (Å²) in [6.07, 6.45) is 2.72. The van der Waals surface area contributed by atoms with Crippen molar-refractivity contribution in [1.29, 1.82) is 0 Å². The van der Waals surface area contributed by atoms with Crippen molar-refractivity contribution in [2.75, 3.05) is 66.0 Å². The van der Waals surface area contributed by atoms with Gasteiger partial charge in [0.15, 0.2) is 0 Å². The summed E-state index contributed by atoms with van der Waals surface area (Å²) in [5, 5.41) is 3.47. The summed E-state index contributed by atoms with van der Waals surface area (Å²) in [5.41, 5.74) is 0. The molecule has 0 aliphatic carbocycles. The van der Waals surface area contributed by atoms with Crippen molar-refractivity contribution in [3.8, 4) is 0 Å². The third kappa shape index (κ3) is 5.32. The van der Waals surface area contributed by atoms with Gasteiger partial charge in [-0.3, -0.25) is 9.80 Å². The second-order valence-electron chi connectivity index (χ2n) is 6.93. The zero-order valence-electron chi connectivity index (χ0n) is 13.8. The molecular formula is C16H34N4. The average Bonchev–Trinajstić information content (AvgIpc) is 2.46. The van der Waals surface area contributed by atoms with Gasteiger partial charge in [-0.1, -0.05) is 0 Å². The van der Waals surface area contributed by atoms with E-state index in [1.54, 1.807) is 0 Å². The van der Waals surface area contributed by atoms with E-state index in [1.165, 1.54) is 71.7 Å². The average molecular weight is 282 g/mol. The van der Waals surface area contributed by atoms with Gasteiger partial charge in [0.1, 0.15) is 0 Å². The first kappa shape index (κ1) is 16.2. The van der Waals surface area contributed by atoms with Crippen LogP contribution in [0.2, 0.25) is 0 Å². The zero-order valence-corrected chi connectivity index (χ0v) is 13.8. The van der Waals surface area contributed by atoms with Crippen LogP contribution in [0.1, 0.15) is 26.7 Å². The molecule has 0 spiro atoms. The maximum atomic E-state index is 3.47. The molecule has 0 aromatic carbocycles. The van der Waals surface area contributed by atoms with Crippen LogP contribution >= 0.6 is 0 Å². The number of piperidine rings is 1. The zero-order chi connectivity index (χ0) is 14.4. The quantitative estimate of drug-likeness (QED) is 0.783. The molecular weight excluding hydrogens is 248 g/mol. The van der Waals surface area contributed by atoms with E-state index < -0.39 is 0 Å². The molecule has 0 aromatic heterocycles. The lowest BCUT2D eigenvalue weighted by Gasteiger charge is -2.36. The first-order chi connectivity index (χ1) is 9.65. The van der Waals surface area contributed by atoms with Gasteiger partial charge in [0.05, 0.1) is 0 Å². The molecule has 2 aliphatic rings. The molecule has 2 rings (SSSR count). The summed E-state index contributed by atoms with van der Waals surface area (Å²) in [5.74, 6) is 0.908. The lowest BCUT2D eigenvalue weighted by Crippen LogP contribution is -2.48. The van der Waals surface area contributed by atoms with Crippen molar-refractivity contribution in [1.82, 2.24) is 20.0 Å². The smallest absolute Gasteiger partial charge is 0.0112 e. The number of piperazine rings is 1. The fraction of sp³-hybridized carbons (Fsp3) is 1.00. The van der Waals surface area contributed by atoms with Gasteiger partial charge < -0.3 is 10.2 Å². The molecule has 4 heteroatoms. The molecule has 1 N–H and O–H groups in total. The van der Waals surface area contributed by atoms with Crippen LogP contribution in [0.5, 0.6) is 0 Å². The minimum atomic E-state index is 0.678. The molecule has 4 nitrogen and oxygen atoms in total.